The van der Waals surface area contributed by atoms with Gasteiger partial charge in [0.1, 0.15) is 5.56 Å². The van der Waals surface area contributed by atoms with Gasteiger partial charge in [-0.15, -0.1) is 0 Å². The highest BCUT2D eigenvalue weighted by Crippen LogP contribution is 2.17. The monoisotopic (exact) mass is 365 g/mol. The number of piperidine rings is 1. The van der Waals surface area contributed by atoms with Crippen LogP contribution in [0.2, 0.25) is 0 Å². The molecule has 25 heavy (non-hydrogen) atoms. The number of hydrogen-bond donors (Lipinski definition) is 1. The molecule has 1 aliphatic rings. The standard InChI is InChI=1S/C16H23N5O3S/c1-3-11-25(23,24)20-9-5-13(6-10-20)18-16(22)14-12(2)19-21-8-4-7-17-15(14)21/h4,7-8,13H,3,5-6,9-11H2,1-2H3,(H,18,22). The molecule has 1 fully saturated rings. The van der Waals surface area contributed by atoms with E-state index >= 15 is 0 Å². The lowest BCUT2D eigenvalue weighted by Crippen LogP contribution is -2.47. The minimum atomic E-state index is -3.17. The number of rotatable bonds is 5. The molecule has 1 saturated heterocycles. The zero-order valence-corrected chi connectivity index (χ0v) is 15.3. The average Bonchev–Trinajstić information content (AvgIpc) is 2.91. The molecule has 1 aliphatic heterocycles. The first-order valence-electron chi connectivity index (χ1n) is 8.51. The van der Waals surface area contributed by atoms with Gasteiger partial charge in [-0.1, -0.05) is 6.92 Å². The summed E-state index contributed by atoms with van der Waals surface area (Å²) >= 11 is 0. The molecule has 0 radical (unpaired) electrons. The molecule has 0 bridgehead atoms. The van der Waals surface area contributed by atoms with Gasteiger partial charge in [-0.25, -0.2) is 22.2 Å². The minimum absolute atomic E-state index is 0.0429. The van der Waals surface area contributed by atoms with E-state index in [9.17, 15) is 13.2 Å². The molecule has 0 atom stereocenters. The van der Waals surface area contributed by atoms with E-state index in [4.69, 9.17) is 0 Å². The molecule has 8 nitrogen and oxygen atoms in total. The summed E-state index contributed by atoms with van der Waals surface area (Å²) in [5.74, 6) is -0.0295. The summed E-state index contributed by atoms with van der Waals surface area (Å²) in [5.41, 5.74) is 1.63. The zero-order valence-electron chi connectivity index (χ0n) is 14.5. The Morgan fingerprint density at radius 2 is 2.08 bits per heavy atom. The molecular weight excluding hydrogens is 342 g/mol. The maximum Gasteiger partial charge on any atom is 0.257 e. The fourth-order valence-corrected chi connectivity index (χ4v) is 4.73. The lowest BCUT2D eigenvalue weighted by molar-refractivity contribution is 0.0924. The molecule has 2 aromatic heterocycles. The maximum atomic E-state index is 12.7. The van der Waals surface area contributed by atoms with Crippen LogP contribution in [0.25, 0.3) is 5.65 Å². The zero-order chi connectivity index (χ0) is 18.0. The van der Waals surface area contributed by atoms with Crippen LogP contribution in [-0.4, -0.2) is 58.1 Å². The molecule has 0 saturated carbocycles. The van der Waals surface area contributed by atoms with Crippen molar-refractivity contribution >= 4 is 21.6 Å². The molecule has 1 N–H and O–H groups in total. The molecule has 0 aliphatic carbocycles. The smallest absolute Gasteiger partial charge is 0.257 e. The Bertz CT molecular complexity index is 869. The summed E-state index contributed by atoms with van der Waals surface area (Å²) in [6.07, 6.45) is 5.22. The van der Waals surface area contributed by atoms with Crippen LogP contribution < -0.4 is 5.32 Å². The number of aromatic nitrogens is 3. The number of hydrogen-bond acceptors (Lipinski definition) is 5. The van der Waals surface area contributed by atoms with E-state index in [2.05, 4.69) is 15.4 Å². The van der Waals surface area contributed by atoms with Crippen LogP contribution in [0.3, 0.4) is 0 Å². The van der Waals surface area contributed by atoms with E-state index in [-0.39, 0.29) is 17.7 Å². The molecule has 0 spiro atoms. The van der Waals surface area contributed by atoms with Crippen molar-refractivity contribution in [2.24, 2.45) is 0 Å². The maximum absolute atomic E-state index is 12.7. The molecule has 0 aromatic carbocycles. The summed E-state index contributed by atoms with van der Waals surface area (Å²) in [6.45, 7) is 4.53. The molecule has 3 rings (SSSR count). The quantitative estimate of drug-likeness (QED) is 0.852. The van der Waals surface area contributed by atoms with Crippen molar-refractivity contribution in [3.63, 3.8) is 0 Å². The number of aryl methyl sites for hydroxylation is 1. The number of fused-ring (bicyclic) bond motifs is 1. The van der Waals surface area contributed by atoms with E-state index in [1.807, 2.05) is 6.92 Å². The van der Waals surface area contributed by atoms with Gasteiger partial charge in [0.2, 0.25) is 10.0 Å². The number of carbonyl (C=O) groups is 1. The first-order valence-corrected chi connectivity index (χ1v) is 10.1. The van der Waals surface area contributed by atoms with Crippen molar-refractivity contribution in [2.45, 2.75) is 39.2 Å². The van der Waals surface area contributed by atoms with E-state index in [1.165, 1.54) is 4.31 Å². The van der Waals surface area contributed by atoms with E-state index in [0.717, 1.165) is 0 Å². The van der Waals surface area contributed by atoms with Crippen LogP contribution in [0.5, 0.6) is 0 Å². The Kier molecular flexibility index (Phi) is 5.05. The van der Waals surface area contributed by atoms with E-state index in [1.54, 1.807) is 29.9 Å². The Balaban J connectivity index is 1.66. The van der Waals surface area contributed by atoms with Gasteiger partial charge < -0.3 is 5.32 Å². The van der Waals surface area contributed by atoms with Gasteiger partial charge in [0.15, 0.2) is 5.65 Å². The predicted octanol–water partition coefficient (Wildman–Crippen LogP) is 0.972. The highest BCUT2D eigenvalue weighted by Gasteiger charge is 2.29. The summed E-state index contributed by atoms with van der Waals surface area (Å²) in [5, 5.41) is 7.30. The van der Waals surface area contributed by atoms with Gasteiger partial charge in [0, 0.05) is 31.5 Å². The van der Waals surface area contributed by atoms with Gasteiger partial charge in [0.05, 0.1) is 11.4 Å². The Labute approximate surface area is 147 Å². The van der Waals surface area contributed by atoms with Crippen molar-refractivity contribution in [3.8, 4) is 0 Å². The number of nitrogens with zero attached hydrogens (tertiary/aromatic N) is 4. The lowest BCUT2D eigenvalue weighted by atomic mass is 10.1. The topological polar surface area (TPSA) is 96.7 Å². The van der Waals surface area contributed by atoms with Crippen molar-refractivity contribution in [1.29, 1.82) is 0 Å². The number of amides is 1. The van der Waals surface area contributed by atoms with Gasteiger partial charge in [0.25, 0.3) is 5.91 Å². The van der Waals surface area contributed by atoms with Gasteiger partial charge in [-0.3, -0.25) is 4.79 Å². The molecule has 3 heterocycles. The van der Waals surface area contributed by atoms with Crippen LogP contribution in [0.4, 0.5) is 0 Å². The molecule has 2 aromatic rings. The lowest BCUT2D eigenvalue weighted by Gasteiger charge is -2.31. The summed E-state index contributed by atoms with van der Waals surface area (Å²) < 4.78 is 27.3. The molecular formula is C16H23N5O3S. The molecule has 9 heteroatoms. The van der Waals surface area contributed by atoms with Gasteiger partial charge in [-0.2, -0.15) is 5.10 Å². The number of sulfonamides is 1. The Hall–Kier alpha value is -2.00. The van der Waals surface area contributed by atoms with Crippen LogP contribution in [0, 0.1) is 6.92 Å². The highest BCUT2D eigenvalue weighted by atomic mass is 32.2. The number of nitrogens with one attached hydrogen (secondary N) is 1. The predicted molar refractivity (Wildman–Crippen MR) is 93.9 cm³/mol. The summed E-state index contributed by atoms with van der Waals surface area (Å²) in [4.78, 5) is 16.9. The average molecular weight is 365 g/mol. The van der Waals surface area contributed by atoms with E-state index < -0.39 is 10.0 Å². The van der Waals surface area contributed by atoms with Crippen molar-refractivity contribution in [2.75, 3.05) is 18.8 Å². The molecule has 0 unspecified atom stereocenters. The fourth-order valence-electron chi connectivity index (χ4n) is 3.19. The van der Waals surface area contributed by atoms with Crippen LogP contribution in [0.1, 0.15) is 42.2 Å². The minimum Gasteiger partial charge on any atom is -0.349 e. The first kappa shape index (κ1) is 17.8. The third-order valence-corrected chi connectivity index (χ3v) is 6.52. The number of carbonyl (C=O) groups excluding carboxylic acids is 1. The van der Waals surface area contributed by atoms with Crippen molar-refractivity contribution in [1.82, 2.24) is 24.2 Å². The summed E-state index contributed by atoms with van der Waals surface area (Å²) in [7, 11) is -3.17. The molecule has 1 amide bonds. The molecule has 136 valence electrons. The second-order valence-corrected chi connectivity index (χ2v) is 8.40. The second kappa shape index (κ2) is 7.09. The SMILES string of the molecule is CCCS(=O)(=O)N1CCC(NC(=O)c2c(C)nn3cccnc23)CC1. The van der Waals surface area contributed by atoms with Gasteiger partial charge >= 0.3 is 0 Å². The second-order valence-electron chi connectivity index (χ2n) is 6.31. The van der Waals surface area contributed by atoms with Crippen LogP contribution >= 0.6 is 0 Å². The summed E-state index contributed by atoms with van der Waals surface area (Å²) in [6, 6.07) is 1.71. The van der Waals surface area contributed by atoms with Crippen LogP contribution in [0.15, 0.2) is 18.5 Å². The first-order chi connectivity index (χ1) is 11.9. The third kappa shape index (κ3) is 3.67. The normalized spacial score (nSPS) is 17.0. The van der Waals surface area contributed by atoms with Crippen LogP contribution in [-0.2, 0) is 10.0 Å². The Morgan fingerprint density at radius 1 is 1.36 bits per heavy atom. The fraction of sp³-hybridized carbons (Fsp3) is 0.562. The third-order valence-electron chi connectivity index (χ3n) is 4.44. The highest BCUT2D eigenvalue weighted by molar-refractivity contribution is 7.89. The van der Waals surface area contributed by atoms with E-state index in [0.29, 0.717) is 49.3 Å². The van der Waals surface area contributed by atoms with Crippen molar-refractivity contribution in [3.05, 3.63) is 29.7 Å². The Morgan fingerprint density at radius 3 is 2.76 bits per heavy atom. The van der Waals surface area contributed by atoms with Crippen molar-refractivity contribution < 1.29 is 13.2 Å². The van der Waals surface area contributed by atoms with Gasteiger partial charge in [-0.05, 0) is 32.3 Å². The largest absolute Gasteiger partial charge is 0.349 e.